The molecule has 0 atom stereocenters. The van der Waals surface area contributed by atoms with E-state index in [4.69, 9.17) is 4.74 Å². The highest BCUT2D eigenvalue weighted by Crippen LogP contribution is 2.31. The van der Waals surface area contributed by atoms with Gasteiger partial charge < -0.3 is 9.72 Å². The highest BCUT2D eigenvalue weighted by atomic mass is 32.2. The van der Waals surface area contributed by atoms with E-state index in [0.717, 1.165) is 28.2 Å². The number of rotatable bonds is 8. The third kappa shape index (κ3) is 3.56. The molecule has 0 aliphatic rings. The standard InChI is InChI=1S/C18H20N4O3S/c1-11(23)16(12(2)24)26-18-21-20-17(22(18)8-9-25-3)14-10-19-15-7-5-4-6-13(14)15/h4-7,10,16,19H,8-9H2,1-3H3. The van der Waals surface area contributed by atoms with Crippen LogP contribution >= 0.6 is 11.8 Å². The van der Waals surface area contributed by atoms with Gasteiger partial charge >= 0.3 is 0 Å². The zero-order valence-electron chi connectivity index (χ0n) is 14.9. The first-order valence-corrected chi connectivity index (χ1v) is 9.07. The first-order chi connectivity index (χ1) is 12.5. The van der Waals surface area contributed by atoms with E-state index in [0.29, 0.717) is 24.1 Å². The summed E-state index contributed by atoms with van der Waals surface area (Å²) in [5, 5.41) is 9.34. The first kappa shape index (κ1) is 18.3. The minimum atomic E-state index is -0.781. The van der Waals surface area contributed by atoms with Gasteiger partial charge in [0.25, 0.3) is 0 Å². The zero-order valence-corrected chi connectivity index (χ0v) is 15.7. The van der Waals surface area contributed by atoms with Crippen molar-refractivity contribution in [2.24, 2.45) is 0 Å². The van der Waals surface area contributed by atoms with Crippen LogP contribution in [0.2, 0.25) is 0 Å². The van der Waals surface area contributed by atoms with Gasteiger partial charge in [-0.05, 0) is 19.9 Å². The van der Waals surface area contributed by atoms with E-state index in [1.165, 1.54) is 13.8 Å². The van der Waals surface area contributed by atoms with Gasteiger partial charge in [0.15, 0.2) is 22.5 Å². The van der Waals surface area contributed by atoms with Crippen LogP contribution in [-0.2, 0) is 20.9 Å². The predicted octanol–water partition coefficient (Wildman–Crippen LogP) is 2.71. The number of methoxy groups -OCH3 is 1. The Bertz CT molecular complexity index is 933. The van der Waals surface area contributed by atoms with Gasteiger partial charge in [0.05, 0.1) is 13.2 Å². The number of thioether (sulfide) groups is 1. The lowest BCUT2D eigenvalue weighted by Gasteiger charge is -2.12. The molecule has 136 valence electrons. The van der Waals surface area contributed by atoms with Crippen molar-refractivity contribution in [1.29, 1.82) is 0 Å². The van der Waals surface area contributed by atoms with Crippen LogP contribution in [0.4, 0.5) is 0 Å². The third-order valence-corrected chi connectivity index (χ3v) is 5.44. The molecule has 0 saturated heterocycles. The fourth-order valence-corrected chi connectivity index (χ4v) is 3.71. The normalized spacial score (nSPS) is 11.4. The Hall–Kier alpha value is -2.45. The molecule has 7 nitrogen and oxygen atoms in total. The second-order valence-corrected chi connectivity index (χ2v) is 6.99. The van der Waals surface area contributed by atoms with Crippen molar-refractivity contribution in [2.45, 2.75) is 30.8 Å². The number of para-hydroxylation sites is 1. The molecule has 0 amide bonds. The maximum atomic E-state index is 11.8. The van der Waals surface area contributed by atoms with Crippen molar-refractivity contribution in [3.05, 3.63) is 30.5 Å². The number of carbonyl (C=O) groups is 2. The molecule has 2 heterocycles. The van der Waals surface area contributed by atoms with Crippen molar-refractivity contribution in [2.75, 3.05) is 13.7 Å². The molecule has 1 aromatic carbocycles. The zero-order chi connectivity index (χ0) is 18.7. The van der Waals surface area contributed by atoms with Gasteiger partial charge in [-0.3, -0.25) is 14.2 Å². The molecule has 3 aromatic rings. The second-order valence-electron chi connectivity index (χ2n) is 5.92. The molecular formula is C18H20N4O3S. The molecule has 0 aliphatic carbocycles. The Morgan fingerprint density at radius 1 is 1.23 bits per heavy atom. The molecule has 0 fully saturated rings. The molecule has 26 heavy (non-hydrogen) atoms. The number of nitrogens with one attached hydrogen (secondary N) is 1. The van der Waals surface area contributed by atoms with Gasteiger partial charge in [-0.15, -0.1) is 10.2 Å². The van der Waals surface area contributed by atoms with Crippen molar-refractivity contribution < 1.29 is 14.3 Å². The molecule has 0 spiro atoms. The van der Waals surface area contributed by atoms with Crippen molar-refractivity contribution in [3.63, 3.8) is 0 Å². The van der Waals surface area contributed by atoms with Gasteiger partial charge in [-0.2, -0.15) is 0 Å². The Morgan fingerprint density at radius 3 is 2.65 bits per heavy atom. The molecular weight excluding hydrogens is 352 g/mol. The number of Topliss-reactive ketones (excluding diaryl/α,β-unsaturated/α-hetero) is 2. The third-order valence-electron chi connectivity index (χ3n) is 4.03. The number of carbonyl (C=O) groups excluding carboxylic acids is 2. The number of aromatic nitrogens is 4. The molecule has 0 unspecified atom stereocenters. The average molecular weight is 372 g/mol. The predicted molar refractivity (Wildman–Crippen MR) is 100 cm³/mol. The van der Waals surface area contributed by atoms with Crippen LogP contribution in [0.5, 0.6) is 0 Å². The van der Waals surface area contributed by atoms with E-state index in [2.05, 4.69) is 15.2 Å². The fraction of sp³-hybridized carbons (Fsp3) is 0.333. The Labute approximate surface area is 155 Å². The number of hydrogen-bond acceptors (Lipinski definition) is 6. The number of fused-ring (bicyclic) bond motifs is 1. The van der Waals surface area contributed by atoms with Crippen LogP contribution in [0.1, 0.15) is 13.8 Å². The molecule has 2 aromatic heterocycles. The summed E-state index contributed by atoms with van der Waals surface area (Å²) in [6.45, 7) is 3.81. The number of nitrogens with zero attached hydrogens (tertiary/aromatic N) is 3. The summed E-state index contributed by atoms with van der Waals surface area (Å²) in [5.41, 5.74) is 1.92. The van der Waals surface area contributed by atoms with Crippen molar-refractivity contribution in [3.8, 4) is 11.4 Å². The SMILES string of the molecule is COCCn1c(SC(C(C)=O)C(C)=O)nnc1-c1c[nH]c2ccccc12. The summed E-state index contributed by atoms with van der Waals surface area (Å²) in [7, 11) is 1.62. The molecule has 0 saturated carbocycles. The highest BCUT2D eigenvalue weighted by molar-refractivity contribution is 8.01. The van der Waals surface area contributed by atoms with Crippen LogP contribution in [0.15, 0.2) is 35.6 Å². The molecule has 8 heteroatoms. The topological polar surface area (TPSA) is 89.9 Å². The van der Waals surface area contributed by atoms with Crippen LogP contribution in [0, 0.1) is 0 Å². The molecule has 3 rings (SSSR count). The maximum absolute atomic E-state index is 11.8. The van der Waals surface area contributed by atoms with Crippen LogP contribution in [0.25, 0.3) is 22.3 Å². The Morgan fingerprint density at radius 2 is 1.96 bits per heavy atom. The molecule has 1 N–H and O–H groups in total. The van der Waals surface area contributed by atoms with E-state index in [-0.39, 0.29) is 11.6 Å². The molecule has 0 aliphatic heterocycles. The number of hydrogen-bond donors (Lipinski definition) is 1. The smallest absolute Gasteiger partial charge is 0.192 e. The summed E-state index contributed by atoms with van der Waals surface area (Å²) in [4.78, 5) is 26.8. The number of aromatic amines is 1. The van der Waals surface area contributed by atoms with E-state index in [1.54, 1.807) is 7.11 Å². The molecule has 0 bridgehead atoms. The summed E-state index contributed by atoms with van der Waals surface area (Å²) in [6, 6.07) is 7.93. The Kier molecular flexibility index (Phi) is 5.53. The van der Waals surface area contributed by atoms with Gasteiger partial charge in [0.2, 0.25) is 0 Å². The number of ether oxygens (including phenoxy) is 1. The lowest BCUT2D eigenvalue weighted by atomic mass is 10.1. The van der Waals surface area contributed by atoms with E-state index in [1.807, 2.05) is 35.0 Å². The largest absolute Gasteiger partial charge is 0.383 e. The van der Waals surface area contributed by atoms with Gasteiger partial charge in [0.1, 0.15) is 5.25 Å². The van der Waals surface area contributed by atoms with Gasteiger partial charge in [-0.25, -0.2) is 0 Å². The van der Waals surface area contributed by atoms with Gasteiger partial charge in [0, 0.05) is 29.8 Å². The van der Waals surface area contributed by atoms with Crippen LogP contribution < -0.4 is 0 Å². The van der Waals surface area contributed by atoms with Crippen molar-refractivity contribution in [1.82, 2.24) is 19.7 Å². The average Bonchev–Trinajstić information content (AvgIpc) is 3.20. The summed E-state index contributed by atoms with van der Waals surface area (Å²) in [5.74, 6) is 0.280. The number of H-pyrrole nitrogens is 1. The number of ketones is 2. The van der Waals surface area contributed by atoms with Gasteiger partial charge in [-0.1, -0.05) is 30.0 Å². The monoisotopic (exact) mass is 372 g/mol. The minimum absolute atomic E-state index is 0.197. The van der Waals surface area contributed by atoms with E-state index >= 15 is 0 Å². The highest BCUT2D eigenvalue weighted by Gasteiger charge is 2.25. The lowest BCUT2D eigenvalue weighted by molar-refractivity contribution is -0.123. The van der Waals surface area contributed by atoms with E-state index < -0.39 is 5.25 Å². The quantitative estimate of drug-likeness (QED) is 0.483. The van der Waals surface area contributed by atoms with Crippen LogP contribution in [0.3, 0.4) is 0 Å². The summed E-state index contributed by atoms with van der Waals surface area (Å²) in [6.07, 6.45) is 1.89. The summed E-state index contributed by atoms with van der Waals surface area (Å²) >= 11 is 1.13. The lowest BCUT2D eigenvalue weighted by Crippen LogP contribution is -2.23. The number of benzene rings is 1. The fourth-order valence-electron chi connectivity index (χ4n) is 2.77. The second kappa shape index (κ2) is 7.84. The van der Waals surface area contributed by atoms with Crippen molar-refractivity contribution >= 4 is 34.2 Å². The van der Waals surface area contributed by atoms with Crippen LogP contribution in [-0.4, -0.2) is 50.3 Å². The van der Waals surface area contributed by atoms with E-state index in [9.17, 15) is 9.59 Å². The molecule has 0 radical (unpaired) electrons. The minimum Gasteiger partial charge on any atom is -0.383 e. The Balaban J connectivity index is 2.05. The maximum Gasteiger partial charge on any atom is 0.192 e. The summed E-state index contributed by atoms with van der Waals surface area (Å²) < 4.78 is 7.09. The first-order valence-electron chi connectivity index (χ1n) is 8.19.